The Morgan fingerprint density at radius 3 is 2.31 bits per heavy atom. The van der Waals surface area contributed by atoms with Crippen molar-refractivity contribution in [3.63, 3.8) is 0 Å². The van der Waals surface area contributed by atoms with Crippen LogP contribution in [-0.4, -0.2) is 46.4 Å². The SMILES string of the molecule is CO[C@H](CNC(=O)c1ccc(S(=O)(=O)N(C)C)cc1)c1ccccc1Cl. The zero-order chi connectivity index (χ0) is 19.3. The molecule has 0 aromatic heterocycles. The van der Waals surface area contributed by atoms with Crippen LogP contribution >= 0.6 is 11.6 Å². The summed E-state index contributed by atoms with van der Waals surface area (Å²) in [4.78, 5) is 12.4. The van der Waals surface area contributed by atoms with E-state index >= 15 is 0 Å². The molecule has 26 heavy (non-hydrogen) atoms. The van der Waals surface area contributed by atoms with Crippen LogP contribution in [0.15, 0.2) is 53.4 Å². The Bertz CT molecular complexity index is 867. The molecule has 1 N–H and O–H groups in total. The van der Waals surface area contributed by atoms with Crippen LogP contribution in [0.3, 0.4) is 0 Å². The van der Waals surface area contributed by atoms with Gasteiger partial charge in [0.1, 0.15) is 6.10 Å². The standard InChI is InChI=1S/C18H21ClN2O4S/c1-21(2)26(23,24)14-10-8-13(9-11-14)18(22)20-12-17(25-3)15-6-4-5-7-16(15)19/h4-11,17H,12H2,1-3H3,(H,20,22)/t17-/m1/s1. The molecule has 2 aromatic rings. The fraction of sp³-hybridized carbons (Fsp3) is 0.278. The third-order valence-electron chi connectivity index (χ3n) is 3.88. The van der Waals surface area contributed by atoms with E-state index in [2.05, 4.69) is 5.32 Å². The van der Waals surface area contributed by atoms with E-state index < -0.39 is 10.0 Å². The number of amides is 1. The number of ether oxygens (including phenoxy) is 1. The topological polar surface area (TPSA) is 75.7 Å². The molecule has 0 aliphatic heterocycles. The monoisotopic (exact) mass is 396 g/mol. The third kappa shape index (κ3) is 4.62. The van der Waals surface area contributed by atoms with Crippen molar-refractivity contribution in [2.24, 2.45) is 0 Å². The molecule has 140 valence electrons. The summed E-state index contributed by atoms with van der Waals surface area (Å²) in [6, 6.07) is 13.0. The van der Waals surface area contributed by atoms with Gasteiger partial charge in [0.25, 0.3) is 5.91 Å². The first-order valence-electron chi connectivity index (χ1n) is 7.85. The van der Waals surface area contributed by atoms with E-state index in [4.69, 9.17) is 16.3 Å². The van der Waals surface area contributed by atoms with Crippen LogP contribution < -0.4 is 5.32 Å². The molecule has 0 saturated carbocycles. The second kappa shape index (κ2) is 8.64. The highest BCUT2D eigenvalue weighted by molar-refractivity contribution is 7.89. The maximum Gasteiger partial charge on any atom is 0.251 e. The van der Waals surface area contributed by atoms with Gasteiger partial charge in [-0.1, -0.05) is 29.8 Å². The molecule has 0 heterocycles. The van der Waals surface area contributed by atoms with Gasteiger partial charge in [0.2, 0.25) is 10.0 Å². The van der Waals surface area contributed by atoms with Crippen LogP contribution in [0, 0.1) is 0 Å². The van der Waals surface area contributed by atoms with Gasteiger partial charge in [-0.15, -0.1) is 0 Å². The molecular formula is C18H21ClN2O4S. The molecule has 0 unspecified atom stereocenters. The van der Waals surface area contributed by atoms with Gasteiger partial charge in [-0.3, -0.25) is 4.79 Å². The van der Waals surface area contributed by atoms with Gasteiger partial charge < -0.3 is 10.1 Å². The van der Waals surface area contributed by atoms with E-state index in [1.54, 1.807) is 13.2 Å². The first-order valence-corrected chi connectivity index (χ1v) is 9.67. The van der Waals surface area contributed by atoms with E-state index in [1.807, 2.05) is 18.2 Å². The minimum absolute atomic E-state index is 0.130. The molecule has 1 atom stereocenters. The van der Waals surface area contributed by atoms with Crippen molar-refractivity contribution in [1.29, 1.82) is 0 Å². The maximum atomic E-state index is 12.3. The van der Waals surface area contributed by atoms with Crippen LogP contribution in [0.2, 0.25) is 5.02 Å². The molecule has 0 radical (unpaired) electrons. The maximum absolute atomic E-state index is 12.3. The normalized spacial score (nSPS) is 12.8. The summed E-state index contributed by atoms with van der Waals surface area (Å²) in [5.74, 6) is -0.326. The Hall–Kier alpha value is -1.93. The zero-order valence-electron chi connectivity index (χ0n) is 14.8. The summed E-state index contributed by atoms with van der Waals surface area (Å²) in [6.07, 6.45) is -0.388. The van der Waals surface area contributed by atoms with Gasteiger partial charge in [-0.2, -0.15) is 0 Å². The molecule has 2 aromatic carbocycles. The molecule has 1 amide bonds. The number of hydrogen-bond donors (Lipinski definition) is 1. The van der Waals surface area contributed by atoms with Crippen LogP contribution in [0.1, 0.15) is 22.0 Å². The molecular weight excluding hydrogens is 376 g/mol. The Kier molecular flexibility index (Phi) is 6.77. The molecule has 0 aliphatic carbocycles. The zero-order valence-corrected chi connectivity index (χ0v) is 16.3. The number of hydrogen-bond acceptors (Lipinski definition) is 4. The van der Waals surface area contributed by atoms with Gasteiger partial charge in [0, 0.05) is 43.9 Å². The van der Waals surface area contributed by atoms with Crippen molar-refractivity contribution in [3.8, 4) is 0 Å². The summed E-state index contributed by atoms with van der Waals surface area (Å²) < 4.78 is 30.6. The highest BCUT2D eigenvalue weighted by Gasteiger charge is 2.18. The van der Waals surface area contributed by atoms with Gasteiger partial charge in [-0.05, 0) is 30.3 Å². The van der Waals surface area contributed by atoms with E-state index in [9.17, 15) is 13.2 Å². The van der Waals surface area contributed by atoms with Crippen LogP contribution in [0.25, 0.3) is 0 Å². The summed E-state index contributed by atoms with van der Waals surface area (Å²) in [6.45, 7) is 0.233. The van der Waals surface area contributed by atoms with Crippen molar-refractivity contribution in [1.82, 2.24) is 9.62 Å². The lowest BCUT2D eigenvalue weighted by atomic mass is 10.1. The molecule has 0 bridgehead atoms. The Balaban J connectivity index is 2.07. The number of carbonyl (C=O) groups excluding carboxylic acids is 1. The van der Waals surface area contributed by atoms with Crippen molar-refractivity contribution in [2.45, 2.75) is 11.0 Å². The molecule has 8 heteroatoms. The van der Waals surface area contributed by atoms with Crippen LogP contribution in [0.4, 0.5) is 0 Å². The van der Waals surface area contributed by atoms with E-state index in [1.165, 1.54) is 38.4 Å². The molecule has 2 rings (SSSR count). The average molecular weight is 397 g/mol. The number of sulfonamides is 1. The van der Waals surface area contributed by atoms with Gasteiger partial charge >= 0.3 is 0 Å². The summed E-state index contributed by atoms with van der Waals surface area (Å²) in [5.41, 5.74) is 1.14. The Labute approximate surface area is 158 Å². The predicted molar refractivity (Wildman–Crippen MR) is 101 cm³/mol. The van der Waals surface area contributed by atoms with Crippen LogP contribution in [-0.2, 0) is 14.8 Å². The highest BCUT2D eigenvalue weighted by Crippen LogP contribution is 2.24. The summed E-state index contributed by atoms with van der Waals surface area (Å²) >= 11 is 6.16. The Morgan fingerprint density at radius 2 is 1.77 bits per heavy atom. The molecule has 0 spiro atoms. The summed E-state index contributed by atoms with van der Waals surface area (Å²) in [5, 5.41) is 3.34. The predicted octanol–water partition coefficient (Wildman–Crippen LogP) is 2.71. The molecule has 6 nitrogen and oxygen atoms in total. The smallest absolute Gasteiger partial charge is 0.251 e. The van der Waals surface area contributed by atoms with Gasteiger partial charge in [-0.25, -0.2) is 12.7 Å². The average Bonchev–Trinajstić information content (AvgIpc) is 2.63. The number of halogens is 1. The van der Waals surface area contributed by atoms with E-state index in [-0.39, 0.29) is 23.5 Å². The molecule has 0 saturated heterocycles. The number of nitrogens with one attached hydrogen (secondary N) is 1. The number of nitrogens with zero attached hydrogens (tertiary/aromatic N) is 1. The fourth-order valence-corrected chi connectivity index (χ4v) is 3.49. The first kappa shape index (κ1) is 20.4. The number of methoxy groups -OCH3 is 1. The number of rotatable bonds is 7. The van der Waals surface area contributed by atoms with Crippen molar-refractivity contribution in [2.75, 3.05) is 27.7 Å². The number of benzene rings is 2. The Morgan fingerprint density at radius 1 is 1.15 bits per heavy atom. The minimum atomic E-state index is -3.52. The van der Waals surface area contributed by atoms with Crippen LogP contribution in [0.5, 0.6) is 0 Å². The van der Waals surface area contributed by atoms with Crippen molar-refractivity contribution in [3.05, 3.63) is 64.7 Å². The van der Waals surface area contributed by atoms with Crippen molar-refractivity contribution < 1.29 is 17.9 Å². The summed E-state index contributed by atoms with van der Waals surface area (Å²) in [7, 11) is 0.928. The first-order chi connectivity index (χ1) is 12.3. The third-order valence-corrected chi connectivity index (χ3v) is 6.05. The lowest BCUT2D eigenvalue weighted by Crippen LogP contribution is -2.29. The van der Waals surface area contributed by atoms with Gasteiger partial charge in [0.05, 0.1) is 4.90 Å². The molecule has 0 fully saturated rings. The lowest BCUT2D eigenvalue weighted by Gasteiger charge is -2.18. The quantitative estimate of drug-likeness (QED) is 0.780. The van der Waals surface area contributed by atoms with E-state index in [0.717, 1.165) is 9.87 Å². The number of carbonyl (C=O) groups is 1. The minimum Gasteiger partial charge on any atom is -0.375 e. The second-order valence-corrected chi connectivity index (χ2v) is 8.33. The van der Waals surface area contributed by atoms with Gasteiger partial charge in [0.15, 0.2) is 0 Å². The molecule has 0 aliphatic rings. The second-order valence-electron chi connectivity index (χ2n) is 5.77. The van der Waals surface area contributed by atoms with Crippen molar-refractivity contribution >= 4 is 27.5 Å². The van der Waals surface area contributed by atoms with E-state index in [0.29, 0.717) is 10.6 Å². The largest absolute Gasteiger partial charge is 0.375 e. The highest BCUT2D eigenvalue weighted by atomic mass is 35.5. The lowest BCUT2D eigenvalue weighted by molar-refractivity contribution is 0.0828. The fourth-order valence-electron chi connectivity index (χ4n) is 2.33.